The molecule has 1 aliphatic rings. The van der Waals surface area contributed by atoms with Crippen molar-refractivity contribution in [2.45, 2.75) is 12.8 Å². The molecule has 3 rings (SSSR count). The van der Waals surface area contributed by atoms with Gasteiger partial charge in [0.1, 0.15) is 0 Å². The SMILES string of the molecule is N#Cc1ccc2[nH]c3c(c2c1)C=CCC3. The van der Waals surface area contributed by atoms with Crippen LogP contribution in [0, 0.1) is 11.3 Å². The highest BCUT2D eigenvalue weighted by atomic mass is 14.7. The topological polar surface area (TPSA) is 39.6 Å². The summed E-state index contributed by atoms with van der Waals surface area (Å²) in [5, 5.41) is 10.0. The number of aromatic amines is 1. The van der Waals surface area contributed by atoms with Gasteiger partial charge in [-0.2, -0.15) is 5.26 Å². The third kappa shape index (κ3) is 1.17. The summed E-state index contributed by atoms with van der Waals surface area (Å²) in [5.74, 6) is 0. The summed E-state index contributed by atoms with van der Waals surface area (Å²) in [4.78, 5) is 3.41. The summed E-state index contributed by atoms with van der Waals surface area (Å²) in [6, 6.07) is 7.98. The van der Waals surface area contributed by atoms with Gasteiger partial charge in [-0.05, 0) is 31.0 Å². The summed E-state index contributed by atoms with van der Waals surface area (Å²) in [6.45, 7) is 0. The second kappa shape index (κ2) is 2.99. The lowest BCUT2D eigenvalue weighted by atomic mass is 10.0. The van der Waals surface area contributed by atoms with Gasteiger partial charge in [-0.1, -0.05) is 12.2 Å². The number of benzene rings is 1. The van der Waals surface area contributed by atoms with Crippen LogP contribution in [0.2, 0.25) is 0 Å². The van der Waals surface area contributed by atoms with Crippen LogP contribution in [0.5, 0.6) is 0 Å². The molecule has 0 fully saturated rings. The molecule has 72 valence electrons. The third-order valence-electron chi connectivity index (χ3n) is 2.90. The van der Waals surface area contributed by atoms with Crippen LogP contribution >= 0.6 is 0 Å². The van der Waals surface area contributed by atoms with E-state index in [2.05, 4.69) is 23.2 Å². The van der Waals surface area contributed by atoms with Crippen LogP contribution in [-0.4, -0.2) is 4.98 Å². The highest BCUT2D eigenvalue weighted by Gasteiger charge is 2.11. The molecule has 0 saturated carbocycles. The van der Waals surface area contributed by atoms with E-state index in [0.717, 1.165) is 23.9 Å². The second-order valence-corrected chi connectivity index (χ2v) is 3.83. The minimum atomic E-state index is 0.725. The maximum absolute atomic E-state index is 8.86. The predicted octanol–water partition coefficient (Wildman–Crippen LogP) is 3.00. The van der Waals surface area contributed by atoms with Crippen LogP contribution < -0.4 is 0 Å². The van der Waals surface area contributed by atoms with Crippen molar-refractivity contribution in [3.05, 3.63) is 41.1 Å². The Balaban J connectivity index is 2.36. The number of rotatable bonds is 0. The summed E-state index contributed by atoms with van der Waals surface area (Å²) >= 11 is 0. The van der Waals surface area contributed by atoms with Crippen LogP contribution in [0.25, 0.3) is 17.0 Å². The number of hydrogen-bond donors (Lipinski definition) is 1. The van der Waals surface area contributed by atoms with Crippen molar-refractivity contribution in [1.29, 1.82) is 5.26 Å². The Morgan fingerprint density at radius 2 is 2.27 bits per heavy atom. The fourth-order valence-corrected chi connectivity index (χ4v) is 2.15. The first kappa shape index (κ1) is 8.31. The number of aromatic nitrogens is 1. The lowest BCUT2D eigenvalue weighted by molar-refractivity contribution is 0.951. The largest absolute Gasteiger partial charge is 0.358 e. The van der Waals surface area contributed by atoms with Gasteiger partial charge in [0.15, 0.2) is 0 Å². The van der Waals surface area contributed by atoms with E-state index in [-0.39, 0.29) is 0 Å². The molecule has 1 N–H and O–H groups in total. The van der Waals surface area contributed by atoms with Gasteiger partial charge in [0, 0.05) is 22.2 Å². The van der Waals surface area contributed by atoms with Crippen molar-refractivity contribution in [3.8, 4) is 6.07 Å². The van der Waals surface area contributed by atoms with E-state index in [1.807, 2.05) is 18.2 Å². The summed E-state index contributed by atoms with van der Waals surface area (Å²) in [7, 11) is 0. The number of nitrogens with one attached hydrogen (secondary N) is 1. The minimum absolute atomic E-state index is 0.725. The zero-order valence-electron chi connectivity index (χ0n) is 8.25. The fourth-order valence-electron chi connectivity index (χ4n) is 2.15. The van der Waals surface area contributed by atoms with Gasteiger partial charge < -0.3 is 4.98 Å². The van der Waals surface area contributed by atoms with Gasteiger partial charge >= 0.3 is 0 Å². The molecule has 1 heterocycles. The summed E-state index contributed by atoms with van der Waals surface area (Å²) in [6.07, 6.45) is 6.51. The molecule has 0 saturated heterocycles. The van der Waals surface area contributed by atoms with E-state index in [9.17, 15) is 0 Å². The molecule has 0 radical (unpaired) electrons. The number of fused-ring (bicyclic) bond motifs is 3. The zero-order chi connectivity index (χ0) is 10.3. The van der Waals surface area contributed by atoms with Gasteiger partial charge in [0.05, 0.1) is 11.6 Å². The Hall–Kier alpha value is -2.01. The molecule has 2 heteroatoms. The fraction of sp³-hybridized carbons (Fsp3) is 0.154. The highest BCUT2D eigenvalue weighted by Crippen LogP contribution is 2.28. The molecule has 2 nitrogen and oxygen atoms in total. The molecule has 0 spiro atoms. The Bertz CT molecular complexity index is 597. The number of allylic oxidation sites excluding steroid dienone is 1. The first-order valence-electron chi connectivity index (χ1n) is 5.10. The van der Waals surface area contributed by atoms with Gasteiger partial charge in [-0.15, -0.1) is 0 Å². The van der Waals surface area contributed by atoms with E-state index in [4.69, 9.17) is 5.26 Å². The van der Waals surface area contributed by atoms with E-state index >= 15 is 0 Å². The van der Waals surface area contributed by atoms with Crippen LogP contribution in [0.4, 0.5) is 0 Å². The molecule has 0 bridgehead atoms. The monoisotopic (exact) mass is 194 g/mol. The maximum atomic E-state index is 8.86. The number of hydrogen-bond acceptors (Lipinski definition) is 1. The van der Waals surface area contributed by atoms with E-state index in [1.165, 1.54) is 16.6 Å². The molecule has 0 atom stereocenters. The minimum Gasteiger partial charge on any atom is -0.358 e. The number of H-pyrrole nitrogens is 1. The molecular formula is C13H10N2. The van der Waals surface area contributed by atoms with E-state index < -0.39 is 0 Å². The predicted molar refractivity (Wildman–Crippen MR) is 60.4 cm³/mol. The molecule has 1 aliphatic carbocycles. The first-order chi connectivity index (χ1) is 7.38. The third-order valence-corrected chi connectivity index (χ3v) is 2.90. The summed E-state index contributed by atoms with van der Waals surface area (Å²) < 4.78 is 0. The van der Waals surface area contributed by atoms with Crippen molar-refractivity contribution >= 4 is 17.0 Å². The lowest BCUT2D eigenvalue weighted by Gasteiger charge is -2.03. The van der Waals surface area contributed by atoms with Crippen LogP contribution in [0.15, 0.2) is 24.3 Å². The Morgan fingerprint density at radius 3 is 3.13 bits per heavy atom. The van der Waals surface area contributed by atoms with Crippen molar-refractivity contribution < 1.29 is 0 Å². The summed E-state index contributed by atoms with van der Waals surface area (Å²) in [5.41, 5.74) is 4.41. The average Bonchev–Trinajstić information content (AvgIpc) is 2.66. The number of nitrogens with zero attached hydrogens (tertiary/aromatic N) is 1. The first-order valence-corrected chi connectivity index (χ1v) is 5.10. The molecule has 0 unspecified atom stereocenters. The number of nitriles is 1. The Labute approximate surface area is 87.8 Å². The van der Waals surface area contributed by atoms with Crippen molar-refractivity contribution in [3.63, 3.8) is 0 Å². The zero-order valence-corrected chi connectivity index (χ0v) is 8.25. The molecule has 2 aromatic rings. The van der Waals surface area contributed by atoms with Crippen LogP contribution in [0.1, 0.15) is 23.2 Å². The molecule has 15 heavy (non-hydrogen) atoms. The normalized spacial score (nSPS) is 13.8. The molecular weight excluding hydrogens is 184 g/mol. The van der Waals surface area contributed by atoms with Crippen molar-refractivity contribution in [1.82, 2.24) is 4.98 Å². The Kier molecular flexibility index (Phi) is 1.66. The average molecular weight is 194 g/mol. The Morgan fingerprint density at radius 1 is 1.33 bits per heavy atom. The lowest BCUT2D eigenvalue weighted by Crippen LogP contribution is -1.90. The van der Waals surface area contributed by atoms with Gasteiger partial charge in [0.25, 0.3) is 0 Å². The quantitative estimate of drug-likeness (QED) is 0.688. The highest BCUT2D eigenvalue weighted by molar-refractivity contribution is 5.91. The smallest absolute Gasteiger partial charge is 0.0991 e. The molecule has 1 aromatic heterocycles. The maximum Gasteiger partial charge on any atom is 0.0991 e. The van der Waals surface area contributed by atoms with Gasteiger partial charge in [0.2, 0.25) is 0 Å². The standard InChI is InChI=1S/C13H10N2/c14-8-9-5-6-13-11(7-9)10-3-1-2-4-12(10)15-13/h1,3,5-7,15H,2,4H2. The molecule has 0 amide bonds. The van der Waals surface area contributed by atoms with Crippen molar-refractivity contribution in [2.75, 3.05) is 0 Å². The second-order valence-electron chi connectivity index (χ2n) is 3.83. The number of aryl methyl sites for hydroxylation is 1. The molecule has 1 aromatic carbocycles. The van der Waals surface area contributed by atoms with E-state index in [1.54, 1.807) is 0 Å². The van der Waals surface area contributed by atoms with Crippen LogP contribution in [-0.2, 0) is 6.42 Å². The van der Waals surface area contributed by atoms with Crippen molar-refractivity contribution in [2.24, 2.45) is 0 Å². The van der Waals surface area contributed by atoms with Gasteiger partial charge in [-0.25, -0.2) is 0 Å². The molecule has 0 aliphatic heterocycles. The van der Waals surface area contributed by atoms with Gasteiger partial charge in [-0.3, -0.25) is 0 Å². The van der Waals surface area contributed by atoms with E-state index in [0.29, 0.717) is 0 Å². The van der Waals surface area contributed by atoms with Crippen LogP contribution in [0.3, 0.4) is 0 Å².